The van der Waals surface area contributed by atoms with Gasteiger partial charge in [0.05, 0.1) is 12.7 Å². The predicted molar refractivity (Wildman–Crippen MR) is 68.0 cm³/mol. The highest BCUT2D eigenvalue weighted by atomic mass is 16.6. The Kier molecular flexibility index (Phi) is 4.97. The molecular weight excluding hydrogens is 250 g/mol. The van der Waals surface area contributed by atoms with E-state index in [0.717, 1.165) is 0 Å². The van der Waals surface area contributed by atoms with Crippen LogP contribution >= 0.6 is 0 Å². The van der Waals surface area contributed by atoms with Crippen LogP contribution < -0.4 is 5.32 Å². The third kappa shape index (κ3) is 5.46. The van der Waals surface area contributed by atoms with Crippen molar-refractivity contribution in [3.63, 3.8) is 0 Å². The smallest absolute Gasteiger partial charge is 0.407 e. The summed E-state index contributed by atoms with van der Waals surface area (Å²) in [5, 5.41) is 2.60. The Balaban J connectivity index is 2.35. The van der Waals surface area contributed by atoms with Gasteiger partial charge in [0.1, 0.15) is 17.6 Å². The minimum Gasteiger partial charge on any atom is -0.468 e. The number of alkyl carbamates (subject to hydrolysis) is 1. The summed E-state index contributed by atoms with van der Waals surface area (Å²) in [6.45, 7) is 5.74. The van der Waals surface area contributed by atoms with E-state index < -0.39 is 17.7 Å². The Morgan fingerprint density at radius 3 is 2.63 bits per heavy atom. The summed E-state index contributed by atoms with van der Waals surface area (Å²) in [5.41, 5.74) is -0.165. The van der Waals surface area contributed by atoms with Crippen LogP contribution in [-0.2, 0) is 15.9 Å². The first-order valence-corrected chi connectivity index (χ1v) is 5.94. The van der Waals surface area contributed by atoms with Crippen molar-refractivity contribution in [2.24, 2.45) is 0 Å². The first-order chi connectivity index (χ1) is 8.81. The molecule has 6 nitrogen and oxygen atoms in total. The molecule has 0 aliphatic heterocycles. The second kappa shape index (κ2) is 6.26. The maximum absolute atomic E-state index is 11.4. The van der Waals surface area contributed by atoms with Gasteiger partial charge in [0.2, 0.25) is 0 Å². The molecule has 1 heterocycles. The highest BCUT2D eigenvalue weighted by Crippen LogP contribution is 2.10. The molecule has 0 radical (unpaired) electrons. The van der Waals surface area contributed by atoms with E-state index in [9.17, 15) is 9.59 Å². The molecule has 0 atom stereocenters. The van der Waals surface area contributed by atoms with Crippen LogP contribution in [0.3, 0.4) is 0 Å². The summed E-state index contributed by atoms with van der Waals surface area (Å²) < 4.78 is 14.8. The summed E-state index contributed by atoms with van der Waals surface area (Å²) in [5.74, 6) is 0.145. The van der Waals surface area contributed by atoms with E-state index in [1.165, 1.54) is 13.4 Å². The van der Waals surface area contributed by atoms with Crippen LogP contribution in [0.2, 0.25) is 0 Å². The zero-order valence-electron chi connectivity index (χ0n) is 11.6. The van der Waals surface area contributed by atoms with Crippen molar-refractivity contribution in [1.82, 2.24) is 5.32 Å². The quantitative estimate of drug-likeness (QED) is 0.847. The van der Waals surface area contributed by atoms with Gasteiger partial charge in [0.25, 0.3) is 0 Å². The van der Waals surface area contributed by atoms with Gasteiger partial charge in [-0.1, -0.05) is 0 Å². The monoisotopic (exact) mass is 269 g/mol. The number of carbonyl (C=O) groups excluding carboxylic acids is 2. The molecule has 0 spiro atoms. The van der Waals surface area contributed by atoms with Gasteiger partial charge < -0.3 is 19.2 Å². The minimum absolute atomic E-state index is 0.356. The number of esters is 1. The Labute approximate surface area is 112 Å². The minimum atomic E-state index is -0.521. The molecule has 19 heavy (non-hydrogen) atoms. The standard InChI is InChI=1S/C13H19NO5/c1-13(2,3)19-12(16)14-6-5-10-7-9(8-18-10)11(15)17-4/h7-8H,5-6H2,1-4H3,(H,14,16). The topological polar surface area (TPSA) is 77.8 Å². The molecule has 1 amide bonds. The van der Waals surface area contributed by atoms with Crippen molar-refractivity contribution >= 4 is 12.1 Å². The summed E-state index contributed by atoms with van der Waals surface area (Å²) in [4.78, 5) is 22.6. The maximum atomic E-state index is 11.4. The SMILES string of the molecule is COC(=O)c1coc(CCNC(=O)OC(C)(C)C)c1. The molecule has 0 aliphatic carbocycles. The number of methoxy groups -OCH3 is 1. The van der Waals surface area contributed by atoms with E-state index >= 15 is 0 Å². The zero-order valence-corrected chi connectivity index (χ0v) is 11.6. The molecule has 6 heteroatoms. The van der Waals surface area contributed by atoms with Gasteiger partial charge in [-0.2, -0.15) is 0 Å². The van der Waals surface area contributed by atoms with E-state index in [1.54, 1.807) is 26.8 Å². The van der Waals surface area contributed by atoms with Gasteiger partial charge in [-0.15, -0.1) is 0 Å². The van der Waals surface area contributed by atoms with E-state index in [0.29, 0.717) is 24.3 Å². The Hall–Kier alpha value is -1.98. The number of rotatable bonds is 4. The van der Waals surface area contributed by atoms with Gasteiger partial charge in [-0.05, 0) is 26.8 Å². The van der Waals surface area contributed by atoms with Gasteiger partial charge >= 0.3 is 12.1 Å². The van der Waals surface area contributed by atoms with E-state index in [-0.39, 0.29) is 0 Å². The van der Waals surface area contributed by atoms with Crippen LogP contribution in [0.25, 0.3) is 0 Å². The predicted octanol–water partition coefficient (Wildman–Crippen LogP) is 2.13. The summed E-state index contributed by atoms with van der Waals surface area (Å²) in [7, 11) is 1.30. The lowest BCUT2D eigenvalue weighted by Crippen LogP contribution is -2.33. The Bertz CT molecular complexity index is 444. The number of hydrogen-bond donors (Lipinski definition) is 1. The second-order valence-electron chi connectivity index (χ2n) is 4.97. The third-order valence-corrected chi connectivity index (χ3v) is 2.11. The van der Waals surface area contributed by atoms with E-state index in [1.807, 2.05) is 0 Å². The van der Waals surface area contributed by atoms with Crippen LogP contribution in [0.15, 0.2) is 16.7 Å². The highest BCUT2D eigenvalue weighted by molar-refractivity contribution is 5.88. The molecule has 1 aromatic heterocycles. The van der Waals surface area contributed by atoms with Crippen LogP contribution in [0, 0.1) is 0 Å². The first kappa shape index (κ1) is 15.1. The molecule has 106 valence electrons. The lowest BCUT2D eigenvalue weighted by atomic mass is 10.2. The van der Waals surface area contributed by atoms with Crippen molar-refractivity contribution in [3.05, 3.63) is 23.7 Å². The van der Waals surface area contributed by atoms with Crippen LogP contribution in [0.4, 0.5) is 4.79 Å². The summed E-state index contributed by atoms with van der Waals surface area (Å²) in [6.07, 6.45) is 1.32. The average molecular weight is 269 g/mol. The number of nitrogens with one attached hydrogen (secondary N) is 1. The summed E-state index contributed by atoms with van der Waals surface area (Å²) in [6, 6.07) is 1.59. The number of hydrogen-bond acceptors (Lipinski definition) is 5. The molecule has 0 saturated carbocycles. The zero-order chi connectivity index (χ0) is 14.5. The fraction of sp³-hybridized carbons (Fsp3) is 0.538. The molecule has 0 fully saturated rings. The molecule has 1 N–H and O–H groups in total. The van der Waals surface area contributed by atoms with Gasteiger partial charge in [0.15, 0.2) is 0 Å². The fourth-order valence-corrected chi connectivity index (χ4v) is 1.34. The van der Waals surface area contributed by atoms with Gasteiger partial charge in [-0.25, -0.2) is 9.59 Å². The molecular formula is C13H19NO5. The average Bonchev–Trinajstić information content (AvgIpc) is 2.74. The number of furan rings is 1. The molecule has 1 aromatic rings. The third-order valence-electron chi connectivity index (χ3n) is 2.11. The Morgan fingerprint density at radius 1 is 1.37 bits per heavy atom. The van der Waals surface area contributed by atoms with Gasteiger partial charge in [-0.3, -0.25) is 0 Å². The largest absolute Gasteiger partial charge is 0.468 e. The number of ether oxygens (including phenoxy) is 2. The van der Waals surface area contributed by atoms with E-state index in [4.69, 9.17) is 9.15 Å². The van der Waals surface area contributed by atoms with Crippen LogP contribution in [0.5, 0.6) is 0 Å². The van der Waals surface area contributed by atoms with E-state index in [2.05, 4.69) is 10.1 Å². The maximum Gasteiger partial charge on any atom is 0.407 e. The van der Waals surface area contributed by atoms with Gasteiger partial charge in [0, 0.05) is 13.0 Å². The molecule has 0 aromatic carbocycles. The van der Waals surface area contributed by atoms with Crippen molar-refractivity contribution < 1.29 is 23.5 Å². The molecule has 0 bridgehead atoms. The summed E-state index contributed by atoms with van der Waals surface area (Å²) >= 11 is 0. The Morgan fingerprint density at radius 2 is 2.05 bits per heavy atom. The molecule has 1 rings (SSSR count). The fourth-order valence-electron chi connectivity index (χ4n) is 1.34. The van der Waals surface area contributed by atoms with Crippen molar-refractivity contribution in [2.45, 2.75) is 32.8 Å². The lowest BCUT2D eigenvalue weighted by Gasteiger charge is -2.19. The number of amides is 1. The second-order valence-corrected chi connectivity index (χ2v) is 4.97. The van der Waals surface area contributed by atoms with Crippen LogP contribution in [0.1, 0.15) is 36.9 Å². The molecule has 0 unspecified atom stereocenters. The molecule has 0 aliphatic rings. The van der Waals surface area contributed by atoms with Crippen molar-refractivity contribution in [2.75, 3.05) is 13.7 Å². The molecule has 0 saturated heterocycles. The lowest BCUT2D eigenvalue weighted by molar-refractivity contribution is 0.0526. The normalized spacial score (nSPS) is 10.9. The van der Waals surface area contributed by atoms with Crippen molar-refractivity contribution in [1.29, 1.82) is 0 Å². The number of carbonyl (C=O) groups is 2. The first-order valence-electron chi connectivity index (χ1n) is 5.94. The van der Waals surface area contributed by atoms with Crippen LogP contribution in [-0.4, -0.2) is 31.3 Å². The van der Waals surface area contributed by atoms with Crippen molar-refractivity contribution in [3.8, 4) is 0 Å². The highest BCUT2D eigenvalue weighted by Gasteiger charge is 2.16.